The molecule has 4 nitrogen and oxygen atoms in total. The van der Waals surface area contributed by atoms with Gasteiger partial charge in [-0.15, -0.1) is 6.42 Å². The number of allylic oxidation sites excluding steroid dienone is 2. The molecule has 178 valence electrons. The van der Waals surface area contributed by atoms with Crippen LogP contribution in [0.3, 0.4) is 0 Å². The van der Waals surface area contributed by atoms with Crippen molar-refractivity contribution in [2.24, 2.45) is 51.8 Å². The molecule has 0 aromatic rings. The van der Waals surface area contributed by atoms with Crippen molar-refractivity contribution in [3.63, 3.8) is 0 Å². The van der Waals surface area contributed by atoms with Crippen LogP contribution in [-0.4, -0.2) is 24.0 Å². The van der Waals surface area contributed by atoms with Gasteiger partial charge in [-0.05, 0) is 61.2 Å². The van der Waals surface area contributed by atoms with Crippen molar-refractivity contribution >= 4 is 17.5 Å². The van der Waals surface area contributed by atoms with Gasteiger partial charge in [-0.25, -0.2) is 0 Å². The van der Waals surface area contributed by atoms with Crippen molar-refractivity contribution in [3.8, 4) is 12.3 Å². The number of terminal acetylenes is 1. The highest BCUT2D eigenvalue weighted by atomic mass is 16.2. The molecule has 8 unspecified atom stereocenters. The SMILES string of the molecule is C#CCNC(=O)C1(C)CCCC2(C)C1CCC13C=C(C(C)C)C(CC21)C1C(=O)CCC(=O)C13. The molecule has 6 aliphatic rings. The van der Waals surface area contributed by atoms with Crippen molar-refractivity contribution in [1.82, 2.24) is 5.32 Å². The van der Waals surface area contributed by atoms with Gasteiger partial charge in [-0.2, -0.15) is 0 Å². The maximum Gasteiger partial charge on any atom is 0.226 e. The predicted octanol–water partition coefficient (Wildman–Crippen LogP) is 4.73. The molecule has 1 N–H and O–H groups in total. The third kappa shape index (κ3) is 2.93. The first-order valence-electron chi connectivity index (χ1n) is 13.1. The van der Waals surface area contributed by atoms with Crippen molar-refractivity contribution in [3.05, 3.63) is 11.6 Å². The number of amides is 1. The Hall–Kier alpha value is -1.89. The number of rotatable bonds is 3. The number of ketones is 2. The maximum atomic E-state index is 13.4. The molecule has 0 aromatic heterocycles. The quantitative estimate of drug-likeness (QED) is 0.501. The zero-order chi connectivity index (χ0) is 23.8. The Kier molecular flexibility index (Phi) is 5.24. The normalized spacial score (nSPS) is 46.1. The molecule has 4 heteroatoms. The van der Waals surface area contributed by atoms with Gasteiger partial charge in [0.25, 0.3) is 0 Å². The Morgan fingerprint density at radius 1 is 1.15 bits per heavy atom. The summed E-state index contributed by atoms with van der Waals surface area (Å²) in [5, 5.41) is 2.99. The monoisotopic (exact) mass is 449 g/mol. The zero-order valence-corrected chi connectivity index (χ0v) is 20.7. The summed E-state index contributed by atoms with van der Waals surface area (Å²) in [4.78, 5) is 40.0. The molecular weight excluding hydrogens is 410 g/mol. The van der Waals surface area contributed by atoms with Gasteiger partial charge < -0.3 is 5.32 Å². The number of fused-ring (bicyclic) bond motifs is 1. The van der Waals surface area contributed by atoms with E-state index in [0.717, 1.165) is 38.5 Å². The Labute approximate surface area is 198 Å². The van der Waals surface area contributed by atoms with Gasteiger partial charge in [0.15, 0.2) is 0 Å². The fourth-order valence-electron chi connectivity index (χ4n) is 9.69. The minimum absolute atomic E-state index is 0.0122. The Morgan fingerprint density at radius 3 is 2.58 bits per heavy atom. The second kappa shape index (κ2) is 7.56. The third-order valence-corrected chi connectivity index (χ3v) is 10.9. The predicted molar refractivity (Wildman–Crippen MR) is 128 cm³/mol. The zero-order valence-electron chi connectivity index (χ0n) is 20.7. The summed E-state index contributed by atoms with van der Waals surface area (Å²) in [5.41, 5.74) is 0.758. The van der Waals surface area contributed by atoms with Crippen molar-refractivity contribution in [2.75, 3.05) is 6.54 Å². The first-order valence-corrected chi connectivity index (χ1v) is 13.1. The van der Waals surface area contributed by atoms with Gasteiger partial charge in [0, 0.05) is 35.5 Å². The molecule has 2 bridgehead atoms. The van der Waals surface area contributed by atoms with Crippen LogP contribution in [-0.2, 0) is 14.4 Å². The lowest BCUT2D eigenvalue weighted by atomic mass is 9.33. The van der Waals surface area contributed by atoms with Crippen molar-refractivity contribution < 1.29 is 14.4 Å². The molecule has 4 fully saturated rings. The van der Waals surface area contributed by atoms with Crippen LogP contribution >= 0.6 is 0 Å². The lowest BCUT2D eigenvalue weighted by Gasteiger charge is -2.70. The molecule has 0 aromatic carbocycles. The van der Waals surface area contributed by atoms with Crippen molar-refractivity contribution in [2.45, 2.75) is 79.1 Å². The van der Waals surface area contributed by atoms with E-state index >= 15 is 0 Å². The van der Waals surface area contributed by atoms with Gasteiger partial charge in [-0.1, -0.05) is 51.7 Å². The van der Waals surface area contributed by atoms with E-state index < -0.39 is 5.41 Å². The van der Waals surface area contributed by atoms with Crippen LogP contribution in [0.15, 0.2) is 11.6 Å². The largest absolute Gasteiger partial charge is 0.345 e. The fraction of sp³-hybridized carbons (Fsp3) is 0.759. The summed E-state index contributed by atoms with van der Waals surface area (Å²) in [6.07, 6.45) is 14.6. The van der Waals surface area contributed by atoms with Gasteiger partial charge in [-0.3, -0.25) is 14.4 Å². The third-order valence-electron chi connectivity index (χ3n) is 10.9. The average molecular weight is 450 g/mol. The van der Waals surface area contributed by atoms with Crippen LogP contribution in [0.4, 0.5) is 0 Å². The molecule has 0 radical (unpaired) electrons. The van der Waals surface area contributed by atoms with Gasteiger partial charge in [0.05, 0.1) is 6.54 Å². The van der Waals surface area contributed by atoms with E-state index in [-0.39, 0.29) is 47.0 Å². The summed E-state index contributed by atoms with van der Waals surface area (Å²) in [5.74, 6) is 4.24. The number of hydrogen-bond donors (Lipinski definition) is 1. The molecule has 0 aliphatic heterocycles. The number of carbonyl (C=O) groups is 3. The standard InChI is InChI=1S/C29H39NO3/c1-6-14-30-26(33)28(5)12-7-11-27(4)22(28)10-13-29-16-19(17(2)3)18(15-23(27)29)24-20(31)8-9-21(32)25(24)29/h1,16-18,22-25H,7-15H2,2-5H3,(H,30,33). The smallest absolute Gasteiger partial charge is 0.226 e. The highest BCUT2D eigenvalue weighted by Crippen LogP contribution is 2.74. The van der Waals surface area contributed by atoms with Crippen LogP contribution in [0, 0.1) is 64.1 Å². The minimum atomic E-state index is -0.432. The molecule has 6 rings (SSSR count). The second-order valence-corrected chi connectivity index (χ2v) is 12.5. The second-order valence-electron chi connectivity index (χ2n) is 12.5. The molecular formula is C29H39NO3. The number of hydrogen-bond acceptors (Lipinski definition) is 3. The summed E-state index contributed by atoms with van der Waals surface area (Å²) >= 11 is 0. The topological polar surface area (TPSA) is 63.2 Å². The molecule has 0 saturated heterocycles. The van der Waals surface area contributed by atoms with Gasteiger partial charge in [0.1, 0.15) is 11.6 Å². The molecule has 1 amide bonds. The van der Waals surface area contributed by atoms with Crippen LogP contribution in [0.25, 0.3) is 0 Å². The number of Topliss-reactive ketones (excluding diaryl/α,β-unsaturated/α-hetero) is 2. The van der Waals surface area contributed by atoms with Crippen LogP contribution in [0.2, 0.25) is 0 Å². The summed E-state index contributed by atoms with van der Waals surface area (Å²) in [6.45, 7) is 9.30. The van der Waals surface area contributed by atoms with Gasteiger partial charge >= 0.3 is 0 Å². The van der Waals surface area contributed by atoms with E-state index in [2.05, 4.69) is 45.0 Å². The lowest BCUT2D eigenvalue weighted by Crippen LogP contribution is -2.67. The number of nitrogens with one attached hydrogen (secondary N) is 1. The molecule has 4 saturated carbocycles. The Morgan fingerprint density at radius 2 is 1.88 bits per heavy atom. The van der Waals surface area contributed by atoms with E-state index in [4.69, 9.17) is 6.42 Å². The molecule has 6 aliphatic carbocycles. The van der Waals surface area contributed by atoms with Crippen LogP contribution in [0.5, 0.6) is 0 Å². The van der Waals surface area contributed by atoms with E-state index in [9.17, 15) is 14.4 Å². The number of carbonyl (C=O) groups excluding carboxylic acids is 3. The van der Waals surface area contributed by atoms with Gasteiger partial charge in [0.2, 0.25) is 5.91 Å². The maximum absolute atomic E-state index is 13.4. The van der Waals surface area contributed by atoms with Crippen molar-refractivity contribution in [1.29, 1.82) is 0 Å². The molecule has 1 spiro atoms. The van der Waals surface area contributed by atoms with E-state index in [1.54, 1.807) is 0 Å². The lowest BCUT2D eigenvalue weighted by molar-refractivity contribution is -0.194. The first kappa shape index (κ1) is 22.9. The molecule has 8 atom stereocenters. The molecule has 33 heavy (non-hydrogen) atoms. The summed E-state index contributed by atoms with van der Waals surface area (Å²) in [7, 11) is 0. The Balaban J connectivity index is 1.60. The van der Waals surface area contributed by atoms with E-state index in [0.29, 0.717) is 36.2 Å². The van der Waals surface area contributed by atoms with Crippen LogP contribution in [0.1, 0.15) is 79.1 Å². The first-order chi connectivity index (χ1) is 15.6. The fourth-order valence-corrected chi connectivity index (χ4v) is 9.69. The Bertz CT molecular complexity index is 972. The van der Waals surface area contributed by atoms with E-state index in [1.807, 2.05) is 0 Å². The summed E-state index contributed by atoms with van der Waals surface area (Å²) in [6, 6.07) is 0. The average Bonchev–Trinajstić information content (AvgIpc) is 2.78. The minimum Gasteiger partial charge on any atom is -0.345 e. The highest BCUT2D eigenvalue weighted by Gasteiger charge is 2.70. The van der Waals surface area contributed by atoms with E-state index in [1.165, 1.54) is 5.57 Å². The summed E-state index contributed by atoms with van der Waals surface area (Å²) < 4.78 is 0. The van der Waals surface area contributed by atoms with Crippen LogP contribution < -0.4 is 5.32 Å². The highest BCUT2D eigenvalue weighted by molar-refractivity contribution is 5.98. The molecule has 0 heterocycles.